The normalized spacial score (nSPS) is 23.9. The predicted molar refractivity (Wildman–Crippen MR) is 119 cm³/mol. The molecule has 1 fully saturated rings. The Morgan fingerprint density at radius 2 is 1.78 bits per heavy atom. The summed E-state index contributed by atoms with van der Waals surface area (Å²) in [7, 11) is 0. The highest BCUT2D eigenvalue weighted by molar-refractivity contribution is 5.78. The van der Waals surface area contributed by atoms with Crippen LogP contribution in [-0.4, -0.2) is 30.2 Å². The van der Waals surface area contributed by atoms with Crippen LogP contribution in [0.3, 0.4) is 0 Å². The van der Waals surface area contributed by atoms with Gasteiger partial charge >= 0.3 is 12.4 Å². The maximum atomic E-state index is 13.4. The zero-order chi connectivity index (χ0) is 26.1. The maximum absolute atomic E-state index is 13.4. The summed E-state index contributed by atoms with van der Waals surface area (Å²) in [6.07, 6.45) is -1.02. The summed E-state index contributed by atoms with van der Waals surface area (Å²) in [4.78, 5) is 14.0. The van der Waals surface area contributed by atoms with Crippen molar-refractivity contribution < 1.29 is 40.6 Å². The van der Waals surface area contributed by atoms with Gasteiger partial charge in [0.2, 0.25) is 12.2 Å². The molecule has 1 aromatic carbocycles. The molecule has 3 aliphatic rings. The van der Waals surface area contributed by atoms with Crippen LogP contribution in [0.5, 0.6) is 0 Å². The highest BCUT2D eigenvalue weighted by Crippen LogP contribution is 2.40. The van der Waals surface area contributed by atoms with Gasteiger partial charge in [-0.3, -0.25) is 4.79 Å². The molecule has 1 unspecified atom stereocenters. The smallest absolute Gasteiger partial charge is 0.416 e. The molecule has 4 rings (SSSR count). The van der Waals surface area contributed by atoms with Gasteiger partial charge in [-0.1, -0.05) is 12.2 Å². The average molecular weight is 515 g/mol. The molecule has 0 saturated carbocycles. The van der Waals surface area contributed by atoms with Crippen LogP contribution >= 0.6 is 0 Å². The number of hydrogen-bond acceptors (Lipinski definition) is 3. The van der Waals surface area contributed by atoms with Crippen LogP contribution < -0.4 is 0 Å². The number of ether oxygens (including phenoxy) is 2. The minimum Gasteiger partial charge on any atom is -0.468 e. The molecule has 2 heterocycles. The lowest BCUT2D eigenvalue weighted by molar-refractivity contribution is -0.144. The molecular weight excluding hydrogens is 488 g/mol. The van der Waals surface area contributed by atoms with Crippen molar-refractivity contribution in [2.75, 3.05) is 13.1 Å². The number of amides is 1. The lowest BCUT2D eigenvalue weighted by atomic mass is 9.85. The second-order valence-corrected chi connectivity index (χ2v) is 9.25. The monoisotopic (exact) mass is 515 g/mol. The number of alkyl halides is 6. The van der Waals surface area contributed by atoms with E-state index in [0.717, 1.165) is 36.8 Å². The first-order chi connectivity index (χ1) is 16.9. The molecule has 2 aliphatic heterocycles. The molecule has 4 nitrogen and oxygen atoms in total. The molecular formula is C26H27F6NO3. The Morgan fingerprint density at radius 1 is 1.08 bits per heavy atom. The van der Waals surface area contributed by atoms with Crippen LogP contribution in [0.25, 0.3) is 0 Å². The van der Waals surface area contributed by atoms with Gasteiger partial charge in [-0.2, -0.15) is 26.3 Å². The van der Waals surface area contributed by atoms with Gasteiger partial charge in [-0.15, -0.1) is 0 Å². The number of hydrogen-bond donors (Lipinski definition) is 0. The Hall–Kier alpha value is -2.75. The van der Waals surface area contributed by atoms with Crippen molar-refractivity contribution in [3.8, 4) is 0 Å². The molecule has 0 spiro atoms. The summed E-state index contributed by atoms with van der Waals surface area (Å²) in [5, 5.41) is 0. The van der Waals surface area contributed by atoms with Gasteiger partial charge in [0, 0.05) is 31.0 Å². The van der Waals surface area contributed by atoms with Crippen molar-refractivity contribution in [1.29, 1.82) is 0 Å². The van der Waals surface area contributed by atoms with Gasteiger partial charge in [0.25, 0.3) is 0 Å². The molecule has 36 heavy (non-hydrogen) atoms. The van der Waals surface area contributed by atoms with E-state index in [1.54, 1.807) is 11.0 Å². The number of benzene rings is 1. The van der Waals surface area contributed by atoms with E-state index in [1.807, 2.05) is 12.2 Å². The second kappa shape index (κ2) is 10.3. The number of likely N-dealkylation sites (tertiary alicyclic amines) is 1. The summed E-state index contributed by atoms with van der Waals surface area (Å²) >= 11 is 0. The zero-order valence-electron chi connectivity index (χ0n) is 19.7. The molecule has 196 valence electrons. The fourth-order valence-electron chi connectivity index (χ4n) is 4.80. The minimum absolute atomic E-state index is 0.0374. The standard InChI is InChI=1S/C26H27F6NO3/c1-16(19-12-20(25(27,28)29)14-21(13-19)26(30,31)32)36-24-23(17-6-3-2-4-7-17)18(9-11-35-24)15-33-10-5-8-22(33)34/h3,6,9,11-14,16-17,24H,2,4-5,7-8,10,15H2,1H3/t16-,17?,24-/m1/s1. The molecule has 0 bridgehead atoms. The summed E-state index contributed by atoms with van der Waals surface area (Å²) in [5.74, 6) is -0.0451. The number of halogens is 6. The van der Waals surface area contributed by atoms with Crippen LogP contribution in [0.4, 0.5) is 26.3 Å². The molecule has 0 radical (unpaired) electrons. The first kappa shape index (κ1) is 26.3. The first-order valence-electron chi connectivity index (χ1n) is 11.9. The second-order valence-electron chi connectivity index (χ2n) is 9.25. The fourth-order valence-corrected chi connectivity index (χ4v) is 4.80. The van der Waals surface area contributed by atoms with Crippen molar-refractivity contribution in [1.82, 2.24) is 4.90 Å². The fraction of sp³-hybridized carbons (Fsp3) is 0.500. The third-order valence-electron chi connectivity index (χ3n) is 6.69. The number of carbonyl (C=O) groups is 1. The molecule has 1 aromatic rings. The quantitative estimate of drug-likeness (QED) is 0.304. The van der Waals surface area contributed by atoms with Crippen molar-refractivity contribution in [3.63, 3.8) is 0 Å². The number of allylic oxidation sites excluding steroid dienone is 2. The van der Waals surface area contributed by atoms with Gasteiger partial charge in [0.05, 0.1) is 23.5 Å². The largest absolute Gasteiger partial charge is 0.468 e. The average Bonchev–Trinajstić information content (AvgIpc) is 3.22. The Balaban J connectivity index is 1.66. The molecule has 0 N–H and O–H groups in total. The summed E-state index contributed by atoms with van der Waals surface area (Å²) in [6, 6.07) is 1.44. The van der Waals surface area contributed by atoms with E-state index in [0.29, 0.717) is 31.6 Å². The number of rotatable bonds is 6. The Labute approximate surface area is 205 Å². The van der Waals surface area contributed by atoms with E-state index >= 15 is 0 Å². The SMILES string of the molecule is C[C@@H](O[C@H]1OC=CC(CN2CCCC2=O)=C1C1C=CCCC1)c1cc(C(F)(F)F)cc(C(F)(F)F)c1. The van der Waals surface area contributed by atoms with E-state index < -0.39 is 35.9 Å². The Kier molecular flexibility index (Phi) is 7.54. The minimum atomic E-state index is -4.95. The third-order valence-corrected chi connectivity index (χ3v) is 6.69. The zero-order valence-corrected chi connectivity index (χ0v) is 19.7. The van der Waals surface area contributed by atoms with E-state index in [1.165, 1.54) is 13.2 Å². The Bertz CT molecular complexity index is 1040. The van der Waals surface area contributed by atoms with Crippen LogP contribution in [0.2, 0.25) is 0 Å². The molecule has 1 amide bonds. The van der Waals surface area contributed by atoms with E-state index in [9.17, 15) is 31.1 Å². The van der Waals surface area contributed by atoms with E-state index in [2.05, 4.69) is 0 Å². The highest BCUT2D eigenvalue weighted by Gasteiger charge is 2.38. The maximum Gasteiger partial charge on any atom is 0.416 e. The van der Waals surface area contributed by atoms with Crippen molar-refractivity contribution in [2.24, 2.45) is 5.92 Å². The van der Waals surface area contributed by atoms with Crippen LogP contribution in [0.15, 0.2) is 53.8 Å². The summed E-state index contributed by atoms with van der Waals surface area (Å²) in [5.41, 5.74) is -1.50. The molecule has 1 saturated heterocycles. The number of carbonyl (C=O) groups excluding carboxylic acids is 1. The van der Waals surface area contributed by atoms with Crippen LogP contribution in [-0.2, 0) is 26.6 Å². The third kappa shape index (κ3) is 5.96. The Morgan fingerprint density at radius 3 is 2.33 bits per heavy atom. The van der Waals surface area contributed by atoms with Gasteiger partial charge in [-0.05, 0) is 68.0 Å². The summed E-state index contributed by atoms with van der Waals surface area (Å²) in [6.45, 7) is 2.36. The van der Waals surface area contributed by atoms with Gasteiger partial charge in [0.15, 0.2) is 0 Å². The van der Waals surface area contributed by atoms with Crippen LogP contribution in [0, 0.1) is 5.92 Å². The van der Waals surface area contributed by atoms with E-state index in [4.69, 9.17) is 9.47 Å². The molecule has 1 aliphatic carbocycles. The van der Waals surface area contributed by atoms with Crippen molar-refractivity contribution in [2.45, 2.75) is 63.8 Å². The molecule has 3 atom stereocenters. The lowest BCUT2D eigenvalue weighted by Crippen LogP contribution is -2.33. The molecule has 10 heteroatoms. The lowest BCUT2D eigenvalue weighted by Gasteiger charge is -2.34. The highest BCUT2D eigenvalue weighted by atomic mass is 19.4. The van der Waals surface area contributed by atoms with Crippen molar-refractivity contribution in [3.05, 3.63) is 70.5 Å². The van der Waals surface area contributed by atoms with Crippen LogP contribution in [0.1, 0.15) is 61.8 Å². The van der Waals surface area contributed by atoms with Gasteiger partial charge < -0.3 is 14.4 Å². The topological polar surface area (TPSA) is 38.8 Å². The predicted octanol–water partition coefficient (Wildman–Crippen LogP) is 6.95. The van der Waals surface area contributed by atoms with Gasteiger partial charge in [0.1, 0.15) is 0 Å². The summed E-state index contributed by atoms with van der Waals surface area (Å²) < 4.78 is 91.8. The number of nitrogens with zero attached hydrogens (tertiary/aromatic N) is 1. The molecule has 0 aromatic heterocycles. The van der Waals surface area contributed by atoms with Gasteiger partial charge in [-0.25, -0.2) is 0 Å². The van der Waals surface area contributed by atoms with E-state index in [-0.39, 0.29) is 23.5 Å². The first-order valence-corrected chi connectivity index (χ1v) is 11.9. The van der Waals surface area contributed by atoms with Crippen molar-refractivity contribution >= 4 is 5.91 Å².